The molecule has 5 nitrogen and oxygen atoms in total. The Morgan fingerprint density at radius 3 is 2.32 bits per heavy atom. The smallest absolute Gasteiger partial charge is 0.329 e. The zero-order valence-electron chi connectivity index (χ0n) is 11.6. The van der Waals surface area contributed by atoms with Gasteiger partial charge in [-0.15, -0.1) is 0 Å². The highest BCUT2D eigenvalue weighted by Gasteiger charge is 2.42. The molecule has 0 aromatic heterocycles. The molecule has 2 fully saturated rings. The molecule has 2 aliphatic rings. The summed E-state index contributed by atoms with van der Waals surface area (Å²) in [7, 11) is 0. The number of hydrogen-bond acceptors (Lipinski definition) is 3. The summed E-state index contributed by atoms with van der Waals surface area (Å²) in [6, 6.07) is 0.136. The van der Waals surface area contributed by atoms with Crippen LogP contribution < -0.4 is 10.6 Å². The van der Waals surface area contributed by atoms with E-state index in [-0.39, 0.29) is 17.9 Å². The van der Waals surface area contributed by atoms with Gasteiger partial charge in [-0.25, -0.2) is 4.79 Å². The molecule has 2 rings (SSSR count). The number of carboxylic acids is 1. The lowest BCUT2D eigenvalue weighted by atomic mass is 9.88. The van der Waals surface area contributed by atoms with Crippen molar-refractivity contribution < 1.29 is 14.7 Å². The first-order valence-corrected chi connectivity index (χ1v) is 7.34. The average molecular weight is 268 g/mol. The van der Waals surface area contributed by atoms with Crippen LogP contribution in [0.4, 0.5) is 0 Å². The van der Waals surface area contributed by atoms with Crippen LogP contribution in [-0.4, -0.2) is 35.1 Å². The third kappa shape index (κ3) is 3.08. The van der Waals surface area contributed by atoms with Crippen LogP contribution >= 0.6 is 0 Å². The predicted molar refractivity (Wildman–Crippen MR) is 71.8 cm³/mol. The molecule has 5 heteroatoms. The largest absolute Gasteiger partial charge is 0.480 e. The minimum atomic E-state index is -1.03. The number of rotatable bonds is 3. The molecular formula is C14H24N2O3. The van der Waals surface area contributed by atoms with Gasteiger partial charge in [-0.3, -0.25) is 4.79 Å². The molecule has 0 bridgehead atoms. The second-order valence-corrected chi connectivity index (χ2v) is 5.93. The van der Waals surface area contributed by atoms with E-state index in [2.05, 4.69) is 10.6 Å². The first-order valence-electron chi connectivity index (χ1n) is 7.34. The lowest BCUT2D eigenvalue weighted by Gasteiger charge is -2.31. The fourth-order valence-electron chi connectivity index (χ4n) is 3.27. The van der Waals surface area contributed by atoms with Gasteiger partial charge in [0.1, 0.15) is 5.54 Å². The van der Waals surface area contributed by atoms with E-state index in [0.717, 1.165) is 38.6 Å². The van der Waals surface area contributed by atoms with Gasteiger partial charge in [-0.1, -0.05) is 25.7 Å². The fraction of sp³-hybridized carbons (Fsp3) is 0.857. The second kappa shape index (κ2) is 5.90. The Balaban J connectivity index is 2.07. The van der Waals surface area contributed by atoms with Gasteiger partial charge >= 0.3 is 5.97 Å². The number of nitrogens with one attached hydrogen (secondary N) is 2. The summed E-state index contributed by atoms with van der Waals surface area (Å²) < 4.78 is 0. The van der Waals surface area contributed by atoms with Crippen LogP contribution in [0.2, 0.25) is 0 Å². The monoisotopic (exact) mass is 268 g/mol. The molecule has 1 aliphatic carbocycles. The molecule has 19 heavy (non-hydrogen) atoms. The normalized spacial score (nSPS) is 30.6. The van der Waals surface area contributed by atoms with E-state index in [4.69, 9.17) is 0 Å². The third-order valence-corrected chi connectivity index (χ3v) is 4.59. The first-order chi connectivity index (χ1) is 9.05. The average Bonchev–Trinajstić information content (AvgIpc) is 2.64. The van der Waals surface area contributed by atoms with Crippen molar-refractivity contribution in [2.24, 2.45) is 5.92 Å². The van der Waals surface area contributed by atoms with Gasteiger partial charge in [0, 0.05) is 6.04 Å². The lowest BCUT2D eigenvalue weighted by Crippen LogP contribution is -2.56. The van der Waals surface area contributed by atoms with Gasteiger partial charge in [0.05, 0.1) is 5.92 Å². The second-order valence-electron chi connectivity index (χ2n) is 5.93. The molecule has 1 heterocycles. The zero-order valence-corrected chi connectivity index (χ0v) is 11.6. The maximum atomic E-state index is 12.3. The predicted octanol–water partition coefficient (Wildman–Crippen LogP) is 1.28. The van der Waals surface area contributed by atoms with Crippen LogP contribution in [0.15, 0.2) is 0 Å². The Labute approximate surface area is 114 Å². The van der Waals surface area contributed by atoms with Crippen molar-refractivity contribution in [1.82, 2.24) is 10.6 Å². The molecule has 0 radical (unpaired) electrons. The topological polar surface area (TPSA) is 78.4 Å². The van der Waals surface area contributed by atoms with E-state index in [1.807, 2.05) is 6.92 Å². The summed E-state index contributed by atoms with van der Waals surface area (Å²) in [5, 5.41) is 15.6. The van der Waals surface area contributed by atoms with Gasteiger partial charge < -0.3 is 15.7 Å². The van der Waals surface area contributed by atoms with Crippen LogP contribution in [0.1, 0.15) is 51.9 Å². The lowest BCUT2D eigenvalue weighted by molar-refractivity contribution is -0.149. The van der Waals surface area contributed by atoms with E-state index in [1.165, 1.54) is 0 Å². The molecule has 1 aliphatic heterocycles. The first kappa shape index (κ1) is 14.3. The molecule has 108 valence electrons. The van der Waals surface area contributed by atoms with Crippen molar-refractivity contribution in [1.29, 1.82) is 0 Å². The minimum Gasteiger partial charge on any atom is -0.480 e. The summed E-state index contributed by atoms with van der Waals surface area (Å²) in [6.45, 7) is 2.82. The number of carboxylic acid groups (broad SMARTS) is 1. The standard InChI is InChI=1S/C14H24N2O3/c1-10-11(6-9-15-10)12(17)16-14(13(18)19)7-4-2-3-5-8-14/h10-11,15H,2-9H2,1H3,(H,16,17)(H,18,19). The highest BCUT2D eigenvalue weighted by molar-refractivity contribution is 5.88. The van der Waals surface area contributed by atoms with Gasteiger partial charge in [0.2, 0.25) is 5.91 Å². The van der Waals surface area contributed by atoms with E-state index >= 15 is 0 Å². The van der Waals surface area contributed by atoms with Crippen LogP contribution in [0.5, 0.6) is 0 Å². The highest BCUT2D eigenvalue weighted by atomic mass is 16.4. The summed E-state index contributed by atoms with van der Waals surface area (Å²) >= 11 is 0. The SMILES string of the molecule is CC1NCCC1C(=O)NC1(C(=O)O)CCCCCC1. The van der Waals surface area contributed by atoms with Gasteiger partial charge in [0.15, 0.2) is 0 Å². The van der Waals surface area contributed by atoms with Gasteiger partial charge in [0.25, 0.3) is 0 Å². The Hall–Kier alpha value is -1.10. The molecule has 1 amide bonds. The van der Waals surface area contributed by atoms with Crippen LogP contribution in [0.3, 0.4) is 0 Å². The van der Waals surface area contributed by atoms with Gasteiger partial charge in [-0.05, 0) is 32.7 Å². The molecule has 2 atom stereocenters. The Morgan fingerprint density at radius 1 is 1.21 bits per heavy atom. The van der Waals surface area contributed by atoms with Crippen molar-refractivity contribution in [3.8, 4) is 0 Å². The molecule has 0 spiro atoms. The summed E-state index contributed by atoms with van der Waals surface area (Å²) in [6.07, 6.45) is 5.79. The summed E-state index contributed by atoms with van der Waals surface area (Å²) in [4.78, 5) is 24.0. The number of amides is 1. The minimum absolute atomic E-state index is 0.0956. The maximum Gasteiger partial charge on any atom is 0.329 e. The highest BCUT2D eigenvalue weighted by Crippen LogP contribution is 2.28. The Bertz CT molecular complexity index is 349. The van der Waals surface area contributed by atoms with Crippen molar-refractivity contribution in [2.75, 3.05) is 6.54 Å². The van der Waals surface area contributed by atoms with E-state index in [9.17, 15) is 14.7 Å². The summed E-state index contributed by atoms with van der Waals surface area (Å²) in [5.41, 5.74) is -1.03. The van der Waals surface area contributed by atoms with Crippen molar-refractivity contribution >= 4 is 11.9 Å². The number of carbonyl (C=O) groups is 2. The molecule has 1 saturated heterocycles. The van der Waals surface area contributed by atoms with E-state index in [0.29, 0.717) is 12.8 Å². The zero-order chi connectivity index (χ0) is 13.9. The van der Waals surface area contributed by atoms with Gasteiger partial charge in [-0.2, -0.15) is 0 Å². The number of carbonyl (C=O) groups excluding carboxylic acids is 1. The van der Waals surface area contributed by atoms with Crippen molar-refractivity contribution in [3.05, 3.63) is 0 Å². The fourth-order valence-corrected chi connectivity index (χ4v) is 3.27. The number of aliphatic carboxylic acids is 1. The van der Waals surface area contributed by atoms with Crippen LogP contribution in [-0.2, 0) is 9.59 Å². The molecule has 2 unspecified atom stereocenters. The Kier molecular flexibility index (Phi) is 4.45. The van der Waals surface area contributed by atoms with Crippen LogP contribution in [0, 0.1) is 5.92 Å². The molecule has 0 aromatic rings. The van der Waals surface area contributed by atoms with E-state index in [1.54, 1.807) is 0 Å². The van der Waals surface area contributed by atoms with Crippen molar-refractivity contribution in [2.45, 2.75) is 63.5 Å². The maximum absolute atomic E-state index is 12.3. The van der Waals surface area contributed by atoms with E-state index < -0.39 is 11.5 Å². The molecule has 0 aromatic carbocycles. The summed E-state index contributed by atoms with van der Waals surface area (Å²) in [5.74, 6) is -1.07. The molecule has 3 N–H and O–H groups in total. The molecule has 1 saturated carbocycles. The third-order valence-electron chi connectivity index (χ3n) is 4.59. The molecular weight excluding hydrogens is 244 g/mol. The Morgan fingerprint density at radius 2 is 1.84 bits per heavy atom. The van der Waals surface area contributed by atoms with Crippen LogP contribution in [0.25, 0.3) is 0 Å². The number of hydrogen-bond donors (Lipinski definition) is 3. The van der Waals surface area contributed by atoms with Crippen molar-refractivity contribution in [3.63, 3.8) is 0 Å². The quantitative estimate of drug-likeness (QED) is 0.674.